The van der Waals surface area contributed by atoms with Gasteiger partial charge in [0.25, 0.3) is 0 Å². The fourth-order valence-electron chi connectivity index (χ4n) is 2.02. The molecular weight excluding hydrogens is 316 g/mol. The number of hydrogen-bond acceptors (Lipinski definition) is 4. The second kappa shape index (κ2) is 4.81. The molecule has 1 aliphatic rings. The second-order valence-electron chi connectivity index (χ2n) is 5.24. The predicted octanol–water partition coefficient (Wildman–Crippen LogP) is 2.39. The minimum Gasteiger partial charge on any atom is -0.369 e. The maximum Gasteiger partial charge on any atom is 0.148 e. The van der Waals surface area contributed by atoms with E-state index >= 15 is 0 Å². The zero-order valence-corrected chi connectivity index (χ0v) is 12.9. The Morgan fingerprint density at radius 2 is 2.17 bits per heavy atom. The second-order valence-corrected chi connectivity index (χ2v) is 8.24. The van der Waals surface area contributed by atoms with Crippen molar-refractivity contribution in [1.82, 2.24) is 4.98 Å². The molecule has 0 unspecified atom stereocenters. The van der Waals surface area contributed by atoms with Gasteiger partial charge in [0.15, 0.2) is 0 Å². The van der Waals surface area contributed by atoms with E-state index in [4.69, 9.17) is 0 Å². The van der Waals surface area contributed by atoms with Crippen molar-refractivity contribution in [1.29, 1.82) is 0 Å². The van der Waals surface area contributed by atoms with Crippen LogP contribution in [0.2, 0.25) is 0 Å². The average molecular weight is 333 g/mol. The molecule has 0 spiro atoms. The molecule has 1 fully saturated rings. The van der Waals surface area contributed by atoms with Gasteiger partial charge in [-0.2, -0.15) is 0 Å². The first-order chi connectivity index (χ1) is 8.30. The van der Waals surface area contributed by atoms with Crippen molar-refractivity contribution in [3.8, 4) is 0 Å². The quantitative estimate of drug-likeness (QED) is 0.899. The maximum absolute atomic E-state index is 11.3. The van der Waals surface area contributed by atoms with Gasteiger partial charge < -0.3 is 5.32 Å². The van der Waals surface area contributed by atoms with Crippen LogP contribution in [0.15, 0.2) is 16.7 Å². The number of sulfone groups is 1. The molecule has 0 aromatic carbocycles. The Morgan fingerprint density at radius 1 is 1.50 bits per heavy atom. The Bertz CT molecular complexity index is 553. The summed E-state index contributed by atoms with van der Waals surface area (Å²) in [5.41, 5.74) is 1.04. The van der Waals surface area contributed by atoms with E-state index in [9.17, 15) is 8.42 Å². The van der Waals surface area contributed by atoms with Gasteiger partial charge in [-0.1, -0.05) is 0 Å². The molecule has 0 radical (unpaired) electrons. The van der Waals surface area contributed by atoms with Crippen LogP contribution in [-0.2, 0) is 9.84 Å². The molecule has 6 heteroatoms. The highest BCUT2D eigenvalue weighted by atomic mass is 79.9. The van der Waals surface area contributed by atoms with Crippen molar-refractivity contribution < 1.29 is 8.42 Å². The first kappa shape index (κ1) is 13.8. The van der Waals surface area contributed by atoms with Gasteiger partial charge >= 0.3 is 0 Å². The van der Waals surface area contributed by atoms with Crippen molar-refractivity contribution in [3.05, 3.63) is 22.3 Å². The molecule has 1 aromatic rings. The first-order valence-corrected chi connectivity index (χ1v) is 8.69. The van der Waals surface area contributed by atoms with Crippen LogP contribution in [-0.4, -0.2) is 32.0 Å². The minimum atomic E-state index is -2.91. The molecule has 1 aliphatic carbocycles. The Hall–Kier alpha value is -0.620. The zero-order chi connectivity index (χ0) is 13.4. The molecule has 0 amide bonds. The van der Waals surface area contributed by atoms with Crippen molar-refractivity contribution in [2.45, 2.75) is 19.8 Å². The largest absolute Gasteiger partial charge is 0.369 e. The van der Waals surface area contributed by atoms with E-state index in [1.54, 1.807) is 6.20 Å². The number of anilines is 1. The summed E-state index contributed by atoms with van der Waals surface area (Å²) in [6, 6.07) is 1.96. The van der Waals surface area contributed by atoms with Gasteiger partial charge in [0.05, 0.1) is 5.75 Å². The lowest BCUT2D eigenvalue weighted by atomic mass is 10.1. The Kier molecular flexibility index (Phi) is 3.69. The van der Waals surface area contributed by atoms with Crippen molar-refractivity contribution >= 4 is 31.6 Å². The van der Waals surface area contributed by atoms with Crippen LogP contribution in [0, 0.1) is 12.3 Å². The van der Waals surface area contributed by atoms with Gasteiger partial charge in [0.2, 0.25) is 0 Å². The number of hydrogen-bond donors (Lipinski definition) is 1. The summed E-state index contributed by atoms with van der Waals surface area (Å²) in [5.74, 6) is 1.07. The van der Waals surface area contributed by atoms with E-state index in [0.717, 1.165) is 28.7 Å². The zero-order valence-electron chi connectivity index (χ0n) is 10.5. The van der Waals surface area contributed by atoms with Gasteiger partial charge in [-0.25, -0.2) is 13.4 Å². The molecule has 0 saturated heterocycles. The summed E-state index contributed by atoms with van der Waals surface area (Å²) in [4.78, 5) is 4.26. The monoisotopic (exact) mass is 332 g/mol. The van der Waals surface area contributed by atoms with Crippen LogP contribution in [0.4, 0.5) is 5.82 Å². The molecule has 1 N–H and O–H groups in total. The van der Waals surface area contributed by atoms with E-state index in [1.807, 2.05) is 13.0 Å². The van der Waals surface area contributed by atoms with Gasteiger partial charge in [0.1, 0.15) is 15.7 Å². The number of nitrogens with one attached hydrogen (secondary N) is 1. The molecule has 1 saturated carbocycles. The fraction of sp³-hybridized carbons (Fsp3) is 0.583. The van der Waals surface area contributed by atoms with Gasteiger partial charge in [-0.15, -0.1) is 0 Å². The van der Waals surface area contributed by atoms with Crippen molar-refractivity contribution in [2.24, 2.45) is 5.41 Å². The molecule has 0 aliphatic heterocycles. The molecule has 4 nitrogen and oxygen atoms in total. The normalized spacial score (nSPS) is 17.5. The number of aromatic nitrogens is 1. The standard InChI is InChI=1S/C12H17BrN2O2S/c1-9-5-11(14-6-10(9)13)15-7-12(3-4-12)8-18(2,16)17/h5-6H,3-4,7-8H2,1-2H3,(H,14,15). The Balaban J connectivity index is 1.97. The summed E-state index contributed by atoms with van der Waals surface area (Å²) in [7, 11) is -2.91. The van der Waals surface area contributed by atoms with E-state index in [0.29, 0.717) is 6.54 Å². The Labute approximate surface area is 116 Å². The molecule has 1 aromatic heterocycles. The van der Waals surface area contributed by atoms with E-state index < -0.39 is 9.84 Å². The molecule has 100 valence electrons. The topological polar surface area (TPSA) is 59.1 Å². The van der Waals surface area contributed by atoms with Crippen molar-refractivity contribution in [2.75, 3.05) is 23.9 Å². The highest BCUT2D eigenvalue weighted by Crippen LogP contribution is 2.46. The molecule has 2 rings (SSSR count). The van der Waals surface area contributed by atoms with E-state index in [2.05, 4.69) is 26.2 Å². The fourth-order valence-corrected chi connectivity index (χ4v) is 3.74. The summed E-state index contributed by atoms with van der Waals surface area (Å²) in [6.45, 7) is 2.68. The van der Waals surface area contributed by atoms with Gasteiger partial charge in [-0.05, 0) is 47.3 Å². The summed E-state index contributed by atoms with van der Waals surface area (Å²) >= 11 is 3.40. The highest BCUT2D eigenvalue weighted by Gasteiger charge is 2.44. The predicted molar refractivity (Wildman–Crippen MR) is 76.5 cm³/mol. The third-order valence-corrected chi connectivity index (χ3v) is 5.18. The van der Waals surface area contributed by atoms with Gasteiger partial charge in [-0.3, -0.25) is 0 Å². The van der Waals surface area contributed by atoms with Crippen LogP contribution in [0.5, 0.6) is 0 Å². The van der Waals surface area contributed by atoms with Crippen LogP contribution in [0.1, 0.15) is 18.4 Å². The molecule has 18 heavy (non-hydrogen) atoms. The van der Waals surface area contributed by atoms with Crippen LogP contribution in [0.25, 0.3) is 0 Å². The highest BCUT2D eigenvalue weighted by molar-refractivity contribution is 9.10. The summed E-state index contributed by atoms with van der Waals surface area (Å²) in [6.07, 6.45) is 5.01. The maximum atomic E-state index is 11.3. The summed E-state index contributed by atoms with van der Waals surface area (Å²) < 4.78 is 23.7. The van der Waals surface area contributed by atoms with Gasteiger partial charge in [0, 0.05) is 28.9 Å². The third kappa shape index (κ3) is 3.68. The first-order valence-electron chi connectivity index (χ1n) is 5.83. The van der Waals surface area contributed by atoms with Crippen molar-refractivity contribution in [3.63, 3.8) is 0 Å². The lowest BCUT2D eigenvalue weighted by Gasteiger charge is -2.15. The molecule has 0 atom stereocenters. The van der Waals surface area contributed by atoms with Crippen LogP contribution in [0.3, 0.4) is 0 Å². The number of pyridine rings is 1. The Morgan fingerprint density at radius 3 is 2.67 bits per heavy atom. The summed E-state index contributed by atoms with van der Waals surface area (Å²) in [5, 5.41) is 3.24. The lowest BCUT2D eigenvalue weighted by molar-refractivity contribution is 0.560. The smallest absolute Gasteiger partial charge is 0.148 e. The molecule has 1 heterocycles. The third-order valence-electron chi connectivity index (χ3n) is 3.22. The lowest BCUT2D eigenvalue weighted by Crippen LogP contribution is -2.24. The number of halogens is 1. The van der Waals surface area contributed by atoms with E-state index in [1.165, 1.54) is 6.26 Å². The van der Waals surface area contributed by atoms with Crippen LogP contribution < -0.4 is 5.32 Å². The molecule has 0 bridgehead atoms. The minimum absolute atomic E-state index is 0.0732. The number of aryl methyl sites for hydroxylation is 1. The van der Waals surface area contributed by atoms with Crippen LogP contribution >= 0.6 is 15.9 Å². The SMILES string of the molecule is Cc1cc(NCC2(CS(C)(=O)=O)CC2)ncc1Br. The number of rotatable bonds is 5. The number of nitrogens with zero attached hydrogens (tertiary/aromatic N) is 1. The average Bonchev–Trinajstić information content (AvgIpc) is 2.98. The van der Waals surface area contributed by atoms with E-state index in [-0.39, 0.29) is 11.2 Å². The molecular formula is C12H17BrN2O2S.